The molecule has 1 aromatic heterocycles. The number of aromatic nitrogens is 3. The highest BCUT2D eigenvalue weighted by molar-refractivity contribution is 9.10. The first kappa shape index (κ1) is 12.7. The molecule has 1 atom stereocenters. The summed E-state index contributed by atoms with van der Waals surface area (Å²) < 4.78 is 15.7. The highest BCUT2D eigenvalue weighted by Gasteiger charge is 2.18. The molecule has 4 nitrogen and oxygen atoms in total. The van der Waals surface area contributed by atoms with Gasteiger partial charge in [-0.3, -0.25) is 0 Å². The number of aryl methyl sites for hydroxylation is 1. The van der Waals surface area contributed by atoms with Crippen molar-refractivity contribution in [3.8, 4) is 0 Å². The van der Waals surface area contributed by atoms with E-state index in [9.17, 15) is 4.39 Å². The molecule has 17 heavy (non-hydrogen) atoms. The normalized spacial score (nSPS) is 12.8. The van der Waals surface area contributed by atoms with Crippen LogP contribution in [0.15, 0.2) is 27.3 Å². The molecular weight excluding hydrogens is 355 g/mol. The molecule has 0 aliphatic heterocycles. The Hall–Kier alpha value is -0.790. The first-order valence-corrected chi connectivity index (χ1v) is 6.35. The van der Waals surface area contributed by atoms with E-state index >= 15 is 0 Å². The molecule has 2 aromatic rings. The monoisotopic (exact) mass is 362 g/mol. The van der Waals surface area contributed by atoms with Gasteiger partial charge in [0.1, 0.15) is 5.82 Å². The predicted molar refractivity (Wildman–Crippen MR) is 68.8 cm³/mol. The van der Waals surface area contributed by atoms with E-state index in [1.54, 1.807) is 23.9 Å². The summed E-state index contributed by atoms with van der Waals surface area (Å²) >= 11 is 6.42. The Kier molecular flexibility index (Phi) is 3.60. The van der Waals surface area contributed by atoms with Crippen LogP contribution < -0.4 is 5.73 Å². The van der Waals surface area contributed by atoms with E-state index in [0.717, 1.165) is 11.3 Å². The molecule has 90 valence electrons. The van der Waals surface area contributed by atoms with Gasteiger partial charge >= 0.3 is 0 Å². The molecule has 0 amide bonds. The SMILES string of the molecule is Cn1nnc(Br)c1C(N)c1ccc(F)c(Br)c1. The standard InChI is InChI=1S/C10H9Br2FN4/c1-17-9(10(12)15-16-17)8(14)5-2-3-7(13)6(11)4-5/h2-4,8H,14H2,1H3. The van der Waals surface area contributed by atoms with Crippen molar-refractivity contribution in [2.75, 3.05) is 0 Å². The van der Waals surface area contributed by atoms with Crippen molar-refractivity contribution >= 4 is 31.9 Å². The zero-order valence-electron chi connectivity index (χ0n) is 8.86. The Balaban J connectivity index is 2.43. The van der Waals surface area contributed by atoms with Gasteiger partial charge in [0.2, 0.25) is 0 Å². The van der Waals surface area contributed by atoms with Gasteiger partial charge in [0.25, 0.3) is 0 Å². The van der Waals surface area contributed by atoms with E-state index in [1.807, 2.05) is 0 Å². The zero-order valence-corrected chi connectivity index (χ0v) is 12.0. The number of nitrogens with zero attached hydrogens (tertiary/aromatic N) is 3. The second kappa shape index (κ2) is 4.83. The van der Waals surface area contributed by atoms with Gasteiger partial charge in [0, 0.05) is 7.05 Å². The lowest BCUT2D eigenvalue weighted by Gasteiger charge is -2.13. The Morgan fingerprint density at radius 1 is 1.41 bits per heavy atom. The largest absolute Gasteiger partial charge is 0.319 e. The van der Waals surface area contributed by atoms with Crippen molar-refractivity contribution in [3.63, 3.8) is 0 Å². The summed E-state index contributed by atoms with van der Waals surface area (Å²) in [5.41, 5.74) is 7.63. The molecule has 1 aromatic carbocycles. The average molecular weight is 364 g/mol. The Morgan fingerprint density at radius 2 is 2.12 bits per heavy atom. The molecule has 0 saturated carbocycles. The average Bonchev–Trinajstić information content (AvgIpc) is 2.62. The van der Waals surface area contributed by atoms with Gasteiger partial charge in [0.05, 0.1) is 16.2 Å². The number of rotatable bonds is 2. The molecular formula is C10H9Br2FN4. The second-order valence-electron chi connectivity index (χ2n) is 3.54. The van der Waals surface area contributed by atoms with Crippen LogP contribution in [-0.2, 0) is 7.05 Å². The van der Waals surface area contributed by atoms with Crippen LogP contribution >= 0.6 is 31.9 Å². The van der Waals surface area contributed by atoms with E-state index in [0.29, 0.717) is 9.08 Å². The lowest BCUT2D eigenvalue weighted by Crippen LogP contribution is -2.16. The third-order valence-electron chi connectivity index (χ3n) is 2.42. The van der Waals surface area contributed by atoms with Crippen LogP contribution in [0.4, 0.5) is 4.39 Å². The van der Waals surface area contributed by atoms with Gasteiger partial charge in [-0.1, -0.05) is 11.3 Å². The maximum atomic E-state index is 13.1. The minimum Gasteiger partial charge on any atom is -0.319 e. The van der Waals surface area contributed by atoms with Crippen molar-refractivity contribution in [1.29, 1.82) is 0 Å². The zero-order chi connectivity index (χ0) is 12.6. The molecule has 0 saturated heterocycles. The van der Waals surface area contributed by atoms with Crippen LogP contribution in [0.5, 0.6) is 0 Å². The second-order valence-corrected chi connectivity index (χ2v) is 5.15. The van der Waals surface area contributed by atoms with Crippen LogP contribution in [0.2, 0.25) is 0 Å². The quantitative estimate of drug-likeness (QED) is 0.891. The maximum absolute atomic E-state index is 13.1. The number of hydrogen-bond donors (Lipinski definition) is 1. The third-order valence-corrected chi connectivity index (χ3v) is 3.60. The summed E-state index contributed by atoms with van der Waals surface area (Å²) in [6, 6.07) is 4.25. The number of benzene rings is 1. The van der Waals surface area contributed by atoms with E-state index < -0.39 is 6.04 Å². The summed E-state index contributed by atoms with van der Waals surface area (Å²) in [4.78, 5) is 0. The molecule has 0 radical (unpaired) electrons. The molecule has 1 heterocycles. The van der Waals surface area contributed by atoms with Crippen molar-refractivity contribution in [1.82, 2.24) is 15.0 Å². The molecule has 0 aliphatic rings. The van der Waals surface area contributed by atoms with Gasteiger partial charge in [-0.15, -0.1) is 5.10 Å². The molecule has 0 aliphatic carbocycles. The molecule has 7 heteroatoms. The van der Waals surface area contributed by atoms with Crippen molar-refractivity contribution in [2.45, 2.75) is 6.04 Å². The maximum Gasteiger partial charge on any atom is 0.153 e. The van der Waals surface area contributed by atoms with Gasteiger partial charge in [-0.2, -0.15) is 0 Å². The molecule has 0 bridgehead atoms. The van der Waals surface area contributed by atoms with Crippen molar-refractivity contribution < 1.29 is 4.39 Å². The lowest BCUT2D eigenvalue weighted by molar-refractivity contribution is 0.617. The van der Waals surface area contributed by atoms with Crippen LogP contribution in [-0.4, -0.2) is 15.0 Å². The first-order valence-electron chi connectivity index (χ1n) is 4.76. The number of halogens is 3. The van der Waals surface area contributed by atoms with E-state index in [1.165, 1.54) is 6.07 Å². The number of hydrogen-bond acceptors (Lipinski definition) is 3. The van der Waals surface area contributed by atoms with E-state index in [2.05, 4.69) is 42.2 Å². The van der Waals surface area contributed by atoms with Crippen LogP contribution in [0.1, 0.15) is 17.3 Å². The van der Waals surface area contributed by atoms with Crippen LogP contribution in [0.3, 0.4) is 0 Å². The third kappa shape index (κ3) is 2.41. The fraction of sp³-hybridized carbons (Fsp3) is 0.200. The highest BCUT2D eigenvalue weighted by atomic mass is 79.9. The van der Waals surface area contributed by atoms with Crippen molar-refractivity contribution in [2.24, 2.45) is 12.8 Å². The summed E-state index contributed by atoms with van der Waals surface area (Å²) in [6.45, 7) is 0. The van der Waals surface area contributed by atoms with E-state index in [-0.39, 0.29) is 5.82 Å². The summed E-state index contributed by atoms with van der Waals surface area (Å²) in [5.74, 6) is -0.317. The molecule has 0 spiro atoms. The molecule has 0 fully saturated rings. The summed E-state index contributed by atoms with van der Waals surface area (Å²) in [5, 5.41) is 7.72. The van der Waals surface area contributed by atoms with Gasteiger partial charge < -0.3 is 5.73 Å². The lowest BCUT2D eigenvalue weighted by atomic mass is 10.1. The molecule has 2 rings (SSSR count). The topological polar surface area (TPSA) is 56.7 Å². The molecule has 1 unspecified atom stereocenters. The van der Waals surface area contributed by atoms with Gasteiger partial charge in [-0.25, -0.2) is 9.07 Å². The summed E-state index contributed by atoms with van der Waals surface area (Å²) in [6.07, 6.45) is 0. The smallest absolute Gasteiger partial charge is 0.153 e. The van der Waals surface area contributed by atoms with Gasteiger partial charge in [0.15, 0.2) is 4.60 Å². The number of nitrogens with two attached hydrogens (primary N) is 1. The van der Waals surface area contributed by atoms with E-state index in [4.69, 9.17) is 5.73 Å². The fourth-order valence-corrected chi connectivity index (χ4v) is 2.50. The minimum absolute atomic E-state index is 0.317. The van der Waals surface area contributed by atoms with Crippen LogP contribution in [0, 0.1) is 5.82 Å². The first-order chi connectivity index (χ1) is 8.00. The van der Waals surface area contributed by atoms with Crippen LogP contribution in [0.25, 0.3) is 0 Å². The summed E-state index contributed by atoms with van der Waals surface area (Å²) in [7, 11) is 1.76. The Bertz CT molecular complexity index is 536. The van der Waals surface area contributed by atoms with Gasteiger partial charge in [-0.05, 0) is 49.6 Å². The minimum atomic E-state index is -0.415. The Labute approximate surface area is 114 Å². The predicted octanol–water partition coefficient (Wildman–Crippen LogP) is 2.53. The molecule has 2 N–H and O–H groups in total. The highest BCUT2D eigenvalue weighted by Crippen LogP contribution is 2.27. The fourth-order valence-electron chi connectivity index (χ4n) is 1.53. The Morgan fingerprint density at radius 3 is 2.65 bits per heavy atom. The van der Waals surface area contributed by atoms with Crippen molar-refractivity contribution in [3.05, 3.63) is 44.3 Å².